The lowest BCUT2D eigenvalue weighted by molar-refractivity contribution is -0.130. The van der Waals surface area contributed by atoms with Crippen LogP contribution in [0.1, 0.15) is 59.2 Å². The fourth-order valence-corrected chi connectivity index (χ4v) is 4.43. The van der Waals surface area contributed by atoms with Gasteiger partial charge in [0, 0.05) is 30.6 Å². The van der Waals surface area contributed by atoms with Gasteiger partial charge in [-0.15, -0.1) is 5.10 Å². The number of hydrogen-bond acceptors (Lipinski definition) is 8. The number of hydrogen-bond donors (Lipinski definition) is 4. The number of carbonyl (C=O) groups excluding carboxylic acids is 4. The zero-order valence-corrected chi connectivity index (χ0v) is 24.7. The lowest BCUT2D eigenvalue weighted by Crippen LogP contribution is -2.54. The minimum absolute atomic E-state index is 0.127. The van der Waals surface area contributed by atoms with Crippen molar-refractivity contribution < 1.29 is 28.7 Å². The van der Waals surface area contributed by atoms with Crippen molar-refractivity contribution in [3.05, 3.63) is 71.0 Å². The summed E-state index contributed by atoms with van der Waals surface area (Å²) in [6.45, 7) is 6.31. The first kappa shape index (κ1) is 31.0. The molecule has 0 aliphatic carbocycles. The number of amides is 4. The maximum absolute atomic E-state index is 13.1. The Morgan fingerprint density at radius 1 is 0.953 bits per heavy atom. The molecule has 0 spiro atoms. The topological polar surface area (TPSA) is 166 Å². The number of nitrogens with zero attached hydrogens (tertiary/aromatic N) is 3. The standard InChI is InChI=1S/C30H37N7O6/c1-18(2)26-30(41)33-19(3)27(38)32-16-23-17-37(36-35-23)11-6-12-43-25-14-22(9-10-24(25)42-4)28(39)31-15-20-7-5-8-21(13-20)29(40)34-26/h5,7-10,13-14,17-19,26H,6,11-12,15-16H2,1-4H3,(H,31,39)(H,32,38)(H,33,41)(H,34,40)/t19-,26+/m1/s1. The summed E-state index contributed by atoms with van der Waals surface area (Å²) in [5.41, 5.74) is 1.96. The van der Waals surface area contributed by atoms with Crippen LogP contribution in [0, 0.1) is 5.92 Å². The number of aromatic nitrogens is 3. The van der Waals surface area contributed by atoms with Crippen LogP contribution in [0.5, 0.6) is 11.5 Å². The molecule has 1 aromatic heterocycles. The molecule has 4 amide bonds. The van der Waals surface area contributed by atoms with Gasteiger partial charge in [0.25, 0.3) is 11.8 Å². The van der Waals surface area contributed by atoms with Crippen LogP contribution in [0.4, 0.5) is 0 Å². The maximum atomic E-state index is 13.1. The number of nitrogens with one attached hydrogen (secondary N) is 4. The number of fused-ring (bicyclic) bond motifs is 6. The lowest BCUT2D eigenvalue weighted by Gasteiger charge is -2.24. The Bertz CT molecular complexity index is 1470. The van der Waals surface area contributed by atoms with Gasteiger partial charge in [0.05, 0.1) is 26.5 Å². The maximum Gasteiger partial charge on any atom is 0.251 e. The number of carbonyl (C=O) groups is 4. The van der Waals surface area contributed by atoms with E-state index in [9.17, 15) is 19.2 Å². The number of ether oxygens (including phenoxy) is 2. The van der Waals surface area contributed by atoms with Crippen LogP contribution in [0.3, 0.4) is 0 Å². The first-order valence-electron chi connectivity index (χ1n) is 14.1. The van der Waals surface area contributed by atoms with Crippen molar-refractivity contribution in [1.29, 1.82) is 0 Å². The fraction of sp³-hybridized carbons (Fsp3) is 0.400. The van der Waals surface area contributed by atoms with Gasteiger partial charge in [0.15, 0.2) is 11.5 Å². The van der Waals surface area contributed by atoms with Crippen LogP contribution >= 0.6 is 0 Å². The second-order valence-corrected chi connectivity index (χ2v) is 10.6. The molecular formula is C30H37N7O6. The smallest absolute Gasteiger partial charge is 0.251 e. The first-order valence-corrected chi connectivity index (χ1v) is 14.1. The number of rotatable bonds is 2. The van der Waals surface area contributed by atoms with Gasteiger partial charge < -0.3 is 30.7 Å². The average Bonchev–Trinajstić information content (AvgIpc) is 3.46. The van der Waals surface area contributed by atoms with Crippen molar-refractivity contribution in [1.82, 2.24) is 36.3 Å². The van der Waals surface area contributed by atoms with Crippen molar-refractivity contribution in [2.45, 2.75) is 58.9 Å². The van der Waals surface area contributed by atoms with E-state index in [0.717, 1.165) is 0 Å². The Hall–Kier alpha value is -4.94. The average molecular weight is 592 g/mol. The number of benzene rings is 2. The van der Waals surface area contributed by atoms with Crippen LogP contribution in [-0.4, -0.2) is 64.4 Å². The molecule has 13 heteroatoms. The molecule has 0 unspecified atom stereocenters. The highest BCUT2D eigenvalue weighted by Gasteiger charge is 2.27. The molecule has 4 N–H and O–H groups in total. The SMILES string of the molecule is COc1ccc2cc1OCCCn1cc(nn1)CNC(=O)[C@@H](C)NC(=O)[C@H](C(C)C)NC(=O)c1cccc(c1)CNC2=O. The van der Waals surface area contributed by atoms with Crippen LogP contribution < -0.4 is 30.7 Å². The van der Waals surface area contributed by atoms with Crippen molar-refractivity contribution in [3.8, 4) is 11.5 Å². The highest BCUT2D eigenvalue weighted by molar-refractivity contribution is 5.98. The summed E-state index contributed by atoms with van der Waals surface area (Å²) < 4.78 is 13.0. The third kappa shape index (κ3) is 8.31. The third-order valence-electron chi connectivity index (χ3n) is 6.87. The highest BCUT2D eigenvalue weighted by atomic mass is 16.5. The molecule has 2 aromatic carbocycles. The molecule has 3 aromatic rings. The molecule has 1 aliphatic heterocycles. The number of methoxy groups -OCH3 is 1. The first-order chi connectivity index (χ1) is 20.6. The Labute approximate surface area is 249 Å². The van der Waals surface area contributed by atoms with E-state index in [1.807, 2.05) is 0 Å². The van der Waals surface area contributed by atoms with E-state index in [0.29, 0.717) is 53.5 Å². The van der Waals surface area contributed by atoms with Gasteiger partial charge in [-0.05, 0) is 48.7 Å². The van der Waals surface area contributed by atoms with Crippen molar-refractivity contribution in [2.75, 3.05) is 13.7 Å². The lowest BCUT2D eigenvalue weighted by atomic mass is 10.0. The highest BCUT2D eigenvalue weighted by Crippen LogP contribution is 2.28. The summed E-state index contributed by atoms with van der Waals surface area (Å²) >= 11 is 0. The van der Waals surface area contributed by atoms with Crippen molar-refractivity contribution in [2.24, 2.45) is 5.92 Å². The van der Waals surface area contributed by atoms with Gasteiger partial charge in [-0.25, -0.2) is 0 Å². The predicted molar refractivity (Wildman–Crippen MR) is 156 cm³/mol. The molecule has 6 bridgehead atoms. The molecular weight excluding hydrogens is 554 g/mol. The van der Waals surface area contributed by atoms with E-state index >= 15 is 0 Å². The van der Waals surface area contributed by atoms with E-state index in [1.54, 1.807) is 74.1 Å². The fourth-order valence-electron chi connectivity index (χ4n) is 4.43. The van der Waals surface area contributed by atoms with E-state index in [2.05, 4.69) is 31.6 Å². The summed E-state index contributed by atoms with van der Waals surface area (Å²) in [4.78, 5) is 51.9. The van der Waals surface area contributed by atoms with Crippen LogP contribution in [0.2, 0.25) is 0 Å². The molecule has 228 valence electrons. The molecule has 1 aliphatic rings. The molecule has 0 saturated carbocycles. The van der Waals surface area contributed by atoms with E-state index in [4.69, 9.17) is 9.47 Å². The van der Waals surface area contributed by atoms with Crippen LogP contribution in [-0.2, 0) is 29.2 Å². The summed E-state index contributed by atoms with van der Waals surface area (Å²) in [6, 6.07) is 9.97. The Kier molecular flexibility index (Phi) is 10.3. The van der Waals surface area contributed by atoms with Gasteiger partial charge in [0.1, 0.15) is 17.8 Å². The summed E-state index contributed by atoms with van der Waals surface area (Å²) in [7, 11) is 1.53. The molecule has 43 heavy (non-hydrogen) atoms. The monoisotopic (exact) mass is 591 g/mol. The van der Waals surface area contributed by atoms with Gasteiger partial charge in [-0.3, -0.25) is 23.9 Å². The molecule has 0 radical (unpaired) electrons. The third-order valence-corrected chi connectivity index (χ3v) is 6.87. The molecule has 2 heterocycles. The van der Waals surface area contributed by atoms with Crippen molar-refractivity contribution in [3.63, 3.8) is 0 Å². The minimum atomic E-state index is -0.882. The van der Waals surface area contributed by atoms with Gasteiger partial charge in [0.2, 0.25) is 11.8 Å². The zero-order valence-electron chi connectivity index (χ0n) is 24.7. The van der Waals surface area contributed by atoms with Crippen LogP contribution in [0.15, 0.2) is 48.7 Å². The van der Waals surface area contributed by atoms with Gasteiger partial charge in [-0.2, -0.15) is 0 Å². The van der Waals surface area contributed by atoms with Crippen LogP contribution in [0.25, 0.3) is 0 Å². The normalized spacial score (nSPS) is 19.1. The zero-order chi connectivity index (χ0) is 30.9. The molecule has 13 nitrogen and oxygen atoms in total. The Morgan fingerprint density at radius 2 is 1.74 bits per heavy atom. The summed E-state index contributed by atoms with van der Waals surface area (Å²) in [6.07, 6.45) is 2.31. The molecule has 4 rings (SSSR count). The second-order valence-electron chi connectivity index (χ2n) is 10.6. The van der Waals surface area contributed by atoms with Gasteiger partial charge in [-0.1, -0.05) is 31.2 Å². The van der Waals surface area contributed by atoms with Gasteiger partial charge >= 0.3 is 0 Å². The second kappa shape index (κ2) is 14.3. The Balaban J connectivity index is 1.56. The predicted octanol–water partition coefficient (Wildman–Crippen LogP) is 1.57. The number of aryl methyl sites for hydroxylation is 1. The summed E-state index contributed by atoms with van der Waals surface area (Å²) in [5, 5.41) is 19.3. The quantitative estimate of drug-likeness (QED) is 0.349. The van der Waals surface area contributed by atoms with E-state index < -0.39 is 29.8 Å². The molecule has 0 fully saturated rings. The minimum Gasteiger partial charge on any atom is -0.493 e. The van der Waals surface area contributed by atoms with E-state index in [-0.39, 0.29) is 24.9 Å². The molecule has 2 atom stereocenters. The summed E-state index contributed by atoms with van der Waals surface area (Å²) in [5.74, 6) is -0.987. The van der Waals surface area contributed by atoms with E-state index in [1.165, 1.54) is 7.11 Å². The molecule has 0 saturated heterocycles. The van der Waals surface area contributed by atoms with Crippen molar-refractivity contribution >= 4 is 23.6 Å². The Morgan fingerprint density at radius 3 is 2.51 bits per heavy atom. The largest absolute Gasteiger partial charge is 0.493 e.